The molecule has 1 rings (SSSR count). The molecule has 0 aromatic heterocycles. The molecule has 0 aliphatic rings. The van der Waals surface area contributed by atoms with Crippen LogP contribution in [0.3, 0.4) is 0 Å². The molecule has 0 atom stereocenters. The molecule has 84 valence electrons. The lowest BCUT2D eigenvalue weighted by atomic mass is 9.98. The lowest BCUT2D eigenvalue weighted by molar-refractivity contribution is 0.480. The normalized spacial score (nSPS) is 12.1. The van der Waals surface area contributed by atoms with Crippen molar-refractivity contribution >= 4 is 10.0 Å². The van der Waals surface area contributed by atoms with Crippen molar-refractivity contribution in [2.75, 3.05) is 0 Å². The molecule has 0 saturated carbocycles. The van der Waals surface area contributed by atoms with Gasteiger partial charge in [-0.15, -0.1) is 0 Å². The van der Waals surface area contributed by atoms with Crippen molar-refractivity contribution in [2.24, 2.45) is 5.14 Å². The Balaban J connectivity index is 3.35. The summed E-state index contributed by atoms with van der Waals surface area (Å²) in [6, 6.07) is 4.24. The van der Waals surface area contributed by atoms with Gasteiger partial charge >= 0.3 is 0 Å². The predicted molar refractivity (Wildman–Crippen MR) is 56.7 cm³/mol. The molecule has 1 aromatic carbocycles. The van der Waals surface area contributed by atoms with Gasteiger partial charge < -0.3 is 0 Å². The average molecular weight is 231 g/mol. The second-order valence-electron chi connectivity index (χ2n) is 3.69. The van der Waals surface area contributed by atoms with Crippen LogP contribution in [0, 0.1) is 0 Å². The zero-order valence-corrected chi connectivity index (χ0v) is 9.51. The second-order valence-corrected chi connectivity index (χ2v) is 5.26. The lowest BCUT2D eigenvalue weighted by Gasteiger charge is -2.11. The Bertz CT molecular complexity index is 454. The molecular weight excluding hydrogens is 217 g/mol. The van der Waals surface area contributed by atoms with Crippen molar-refractivity contribution in [3.8, 4) is 0 Å². The van der Waals surface area contributed by atoms with Gasteiger partial charge in [-0.25, -0.2) is 17.9 Å². The van der Waals surface area contributed by atoms with Crippen LogP contribution in [0.25, 0.3) is 0 Å². The minimum Gasteiger partial charge on any atom is -0.246 e. The fourth-order valence-electron chi connectivity index (χ4n) is 1.41. The number of hydrogen-bond donors (Lipinski definition) is 1. The Morgan fingerprint density at radius 3 is 2.40 bits per heavy atom. The van der Waals surface area contributed by atoms with Crippen molar-refractivity contribution < 1.29 is 12.8 Å². The van der Waals surface area contributed by atoms with E-state index >= 15 is 0 Å². The van der Waals surface area contributed by atoms with Crippen LogP contribution in [0.15, 0.2) is 23.1 Å². The molecule has 0 bridgehead atoms. The number of benzene rings is 1. The topological polar surface area (TPSA) is 60.2 Å². The van der Waals surface area contributed by atoms with Crippen molar-refractivity contribution in [3.05, 3.63) is 29.3 Å². The third kappa shape index (κ3) is 2.76. The fraction of sp³-hybridized carbons (Fsp3) is 0.400. The Labute approximate surface area is 89.2 Å². The summed E-state index contributed by atoms with van der Waals surface area (Å²) in [5, 5.41) is 5.00. The van der Waals surface area contributed by atoms with Gasteiger partial charge in [0.05, 0.1) is 4.90 Å². The van der Waals surface area contributed by atoms with Crippen molar-refractivity contribution in [1.82, 2.24) is 0 Å². The highest BCUT2D eigenvalue weighted by molar-refractivity contribution is 7.89. The van der Waals surface area contributed by atoms with Crippen LogP contribution < -0.4 is 5.14 Å². The van der Waals surface area contributed by atoms with Crippen LogP contribution in [0.2, 0.25) is 0 Å². The van der Waals surface area contributed by atoms with Gasteiger partial charge in [0.1, 0.15) is 6.67 Å². The number of primary sulfonamides is 1. The van der Waals surface area contributed by atoms with Gasteiger partial charge in [-0.1, -0.05) is 19.9 Å². The highest BCUT2D eigenvalue weighted by Crippen LogP contribution is 2.23. The van der Waals surface area contributed by atoms with Gasteiger partial charge in [0.25, 0.3) is 0 Å². The van der Waals surface area contributed by atoms with Gasteiger partial charge in [0.15, 0.2) is 0 Å². The number of halogens is 1. The Morgan fingerprint density at radius 1 is 1.40 bits per heavy atom. The first-order chi connectivity index (χ1) is 6.86. The summed E-state index contributed by atoms with van der Waals surface area (Å²) in [4.78, 5) is 0.0309. The first-order valence-electron chi connectivity index (χ1n) is 4.58. The number of hydrogen-bond acceptors (Lipinski definition) is 2. The summed E-state index contributed by atoms with van der Waals surface area (Å²) >= 11 is 0. The predicted octanol–water partition coefficient (Wildman–Crippen LogP) is 1.93. The molecule has 0 radical (unpaired) electrons. The van der Waals surface area contributed by atoms with E-state index in [0.717, 1.165) is 0 Å². The summed E-state index contributed by atoms with van der Waals surface area (Å²) in [6.07, 6.45) is 0. The number of sulfonamides is 1. The maximum absolute atomic E-state index is 12.6. The van der Waals surface area contributed by atoms with E-state index in [1.807, 2.05) is 13.8 Å². The molecule has 5 heteroatoms. The third-order valence-electron chi connectivity index (χ3n) is 2.21. The average Bonchev–Trinajstić information content (AvgIpc) is 2.15. The number of rotatable bonds is 3. The zero-order valence-electron chi connectivity index (χ0n) is 8.70. The SMILES string of the molecule is CC(C)c1cc(S(N)(=O)=O)ccc1CF. The van der Waals surface area contributed by atoms with Crippen molar-refractivity contribution in [3.63, 3.8) is 0 Å². The van der Waals surface area contributed by atoms with Gasteiger partial charge in [-0.3, -0.25) is 0 Å². The summed E-state index contributed by atoms with van der Waals surface area (Å²) in [5.41, 5.74) is 1.20. The van der Waals surface area contributed by atoms with E-state index in [-0.39, 0.29) is 10.8 Å². The quantitative estimate of drug-likeness (QED) is 0.864. The van der Waals surface area contributed by atoms with E-state index in [4.69, 9.17) is 5.14 Å². The molecule has 1 aromatic rings. The summed E-state index contributed by atoms with van der Waals surface area (Å²) in [6.45, 7) is 3.15. The van der Waals surface area contributed by atoms with Crippen LogP contribution in [-0.2, 0) is 16.7 Å². The molecule has 0 amide bonds. The first kappa shape index (κ1) is 12.1. The molecular formula is C10H14FNO2S. The lowest BCUT2D eigenvalue weighted by Crippen LogP contribution is -2.13. The second kappa shape index (κ2) is 4.28. The highest BCUT2D eigenvalue weighted by Gasteiger charge is 2.13. The van der Waals surface area contributed by atoms with Crippen LogP contribution in [0.5, 0.6) is 0 Å². The minimum absolute atomic E-state index is 0.0309. The molecule has 0 unspecified atom stereocenters. The molecule has 0 aliphatic heterocycles. The molecule has 0 spiro atoms. The number of alkyl halides is 1. The Morgan fingerprint density at radius 2 is 2.00 bits per heavy atom. The smallest absolute Gasteiger partial charge is 0.238 e. The van der Waals surface area contributed by atoms with Crippen LogP contribution in [0.4, 0.5) is 4.39 Å². The van der Waals surface area contributed by atoms with E-state index in [1.165, 1.54) is 18.2 Å². The standard InChI is InChI=1S/C10H14FNO2S/c1-7(2)10-5-9(15(12,13)14)4-3-8(10)6-11/h3-5,7H,6H2,1-2H3,(H2,12,13,14). The summed E-state index contributed by atoms with van der Waals surface area (Å²) < 4.78 is 34.8. The Kier molecular flexibility index (Phi) is 3.46. The molecule has 0 saturated heterocycles. The molecule has 3 nitrogen and oxygen atoms in total. The van der Waals surface area contributed by atoms with E-state index in [0.29, 0.717) is 11.1 Å². The van der Waals surface area contributed by atoms with Crippen LogP contribution in [-0.4, -0.2) is 8.42 Å². The van der Waals surface area contributed by atoms with Gasteiger partial charge in [0, 0.05) is 0 Å². The Hall–Kier alpha value is -0.940. The minimum atomic E-state index is -3.71. The van der Waals surface area contributed by atoms with E-state index in [9.17, 15) is 12.8 Å². The van der Waals surface area contributed by atoms with Gasteiger partial charge in [0.2, 0.25) is 10.0 Å². The zero-order chi connectivity index (χ0) is 11.6. The third-order valence-corrected chi connectivity index (χ3v) is 3.12. The summed E-state index contributed by atoms with van der Waals surface area (Å²) in [5.74, 6) is 0.0671. The fourth-order valence-corrected chi connectivity index (χ4v) is 1.96. The van der Waals surface area contributed by atoms with Crippen LogP contribution >= 0.6 is 0 Å². The molecule has 2 N–H and O–H groups in total. The molecule has 0 heterocycles. The van der Waals surface area contributed by atoms with Gasteiger partial charge in [-0.05, 0) is 29.2 Å². The maximum atomic E-state index is 12.6. The van der Waals surface area contributed by atoms with Gasteiger partial charge in [-0.2, -0.15) is 0 Å². The largest absolute Gasteiger partial charge is 0.246 e. The molecule has 0 aliphatic carbocycles. The highest BCUT2D eigenvalue weighted by atomic mass is 32.2. The summed E-state index contributed by atoms with van der Waals surface area (Å²) in [7, 11) is -3.71. The van der Waals surface area contributed by atoms with E-state index in [1.54, 1.807) is 0 Å². The molecule has 0 fully saturated rings. The monoisotopic (exact) mass is 231 g/mol. The first-order valence-corrected chi connectivity index (χ1v) is 6.12. The maximum Gasteiger partial charge on any atom is 0.238 e. The van der Waals surface area contributed by atoms with Crippen LogP contribution in [0.1, 0.15) is 30.9 Å². The van der Waals surface area contributed by atoms with E-state index < -0.39 is 16.7 Å². The van der Waals surface area contributed by atoms with E-state index in [2.05, 4.69) is 0 Å². The van der Waals surface area contributed by atoms with Crippen molar-refractivity contribution in [1.29, 1.82) is 0 Å². The number of nitrogens with two attached hydrogens (primary N) is 1. The molecule has 15 heavy (non-hydrogen) atoms. The van der Waals surface area contributed by atoms with Crippen molar-refractivity contribution in [2.45, 2.75) is 31.3 Å².